The van der Waals surface area contributed by atoms with Crippen LogP contribution in [0.15, 0.2) is 18.2 Å². The van der Waals surface area contributed by atoms with E-state index < -0.39 is 23.8 Å². The van der Waals surface area contributed by atoms with E-state index in [1.54, 1.807) is 12.1 Å². The highest BCUT2D eigenvalue weighted by atomic mass is 16.2. The lowest BCUT2D eigenvalue weighted by molar-refractivity contribution is -0.136. The number of nitrogens with one attached hydrogen (secondary N) is 2. The predicted octanol–water partition coefficient (Wildman–Crippen LogP) is 1.37. The number of amides is 4. The summed E-state index contributed by atoms with van der Waals surface area (Å²) in [6.07, 6.45) is 4.82. The van der Waals surface area contributed by atoms with E-state index in [-0.39, 0.29) is 24.8 Å². The third-order valence-electron chi connectivity index (χ3n) is 6.18. The lowest BCUT2D eigenvalue weighted by atomic mass is 9.89. The maximum atomic E-state index is 13.0. The van der Waals surface area contributed by atoms with Gasteiger partial charge in [0.15, 0.2) is 0 Å². The van der Waals surface area contributed by atoms with Crippen molar-refractivity contribution in [2.75, 3.05) is 19.4 Å². The Bertz CT molecular complexity index is 881. The second kappa shape index (κ2) is 7.59. The summed E-state index contributed by atoms with van der Waals surface area (Å²) in [6.45, 7) is 0. The summed E-state index contributed by atoms with van der Waals surface area (Å²) >= 11 is 0. The molecule has 29 heavy (non-hydrogen) atoms. The van der Waals surface area contributed by atoms with Crippen LogP contribution in [0.5, 0.6) is 0 Å². The van der Waals surface area contributed by atoms with E-state index >= 15 is 0 Å². The summed E-state index contributed by atoms with van der Waals surface area (Å²) < 4.78 is 0. The maximum absolute atomic E-state index is 13.0. The Morgan fingerprint density at radius 1 is 1.00 bits per heavy atom. The minimum Gasteiger partial charge on any atom is -0.381 e. The predicted molar refractivity (Wildman–Crippen MR) is 106 cm³/mol. The van der Waals surface area contributed by atoms with Crippen molar-refractivity contribution in [3.8, 4) is 0 Å². The highest BCUT2D eigenvalue weighted by Gasteiger charge is 2.44. The average Bonchev–Trinajstić information content (AvgIpc) is 2.93. The molecule has 2 N–H and O–H groups in total. The normalized spacial score (nSPS) is 27.3. The first-order valence-corrected chi connectivity index (χ1v) is 10.2. The molecular weight excluding hydrogens is 372 g/mol. The molecule has 1 aromatic carbocycles. The van der Waals surface area contributed by atoms with Crippen LogP contribution < -0.4 is 10.6 Å². The van der Waals surface area contributed by atoms with E-state index in [1.807, 2.05) is 6.07 Å². The second-order valence-electron chi connectivity index (χ2n) is 8.27. The van der Waals surface area contributed by atoms with E-state index in [0.717, 1.165) is 29.8 Å². The van der Waals surface area contributed by atoms with Crippen LogP contribution in [0.4, 0.5) is 5.69 Å². The van der Waals surface area contributed by atoms with Crippen LogP contribution in [0.3, 0.4) is 0 Å². The summed E-state index contributed by atoms with van der Waals surface area (Å²) in [5.74, 6) is -1.92. The van der Waals surface area contributed by atoms with E-state index in [2.05, 4.69) is 29.6 Å². The van der Waals surface area contributed by atoms with Crippen molar-refractivity contribution >= 4 is 29.3 Å². The van der Waals surface area contributed by atoms with Gasteiger partial charge >= 0.3 is 0 Å². The Balaban J connectivity index is 1.55. The number of benzene rings is 1. The summed E-state index contributed by atoms with van der Waals surface area (Å²) in [5, 5.41) is 5.75. The lowest BCUT2D eigenvalue weighted by Gasteiger charge is -2.37. The van der Waals surface area contributed by atoms with Crippen LogP contribution in [-0.2, 0) is 9.59 Å². The molecule has 1 unspecified atom stereocenters. The van der Waals surface area contributed by atoms with Crippen LogP contribution in [0.1, 0.15) is 59.2 Å². The Labute approximate surface area is 169 Å². The van der Waals surface area contributed by atoms with Gasteiger partial charge in [-0.2, -0.15) is 0 Å². The number of rotatable bonds is 4. The fourth-order valence-corrected chi connectivity index (χ4v) is 4.67. The van der Waals surface area contributed by atoms with Gasteiger partial charge in [0.25, 0.3) is 11.8 Å². The molecule has 0 spiro atoms. The van der Waals surface area contributed by atoms with E-state index in [4.69, 9.17) is 0 Å². The largest absolute Gasteiger partial charge is 0.381 e. The van der Waals surface area contributed by atoms with Crippen LogP contribution in [0, 0.1) is 0 Å². The van der Waals surface area contributed by atoms with Gasteiger partial charge in [-0.15, -0.1) is 0 Å². The first-order valence-electron chi connectivity index (χ1n) is 10.2. The number of piperidine rings is 1. The highest BCUT2D eigenvalue weighted by Crippen LogP contribution is 2.31. The monoisotopic (exact) mass is 398 g/mol. The van der Waals surface area contributed by atoms with Crippen molar-refractivity contribution in [1.29, 1.82) is 0 Å². The van der Waals surface area contributed by atoms with E-state index in [9.17, 15) is 19.2 Å². The zero-order valence-electron chi connectivity index (χ0n) is 16.7. The van der Waals surface area contributed by atoms with Gasteiger partial charge in [-0.1, -0.05) is 12.8 Å². The van der Waals surface area contributed by atoms with Gasteiger partial charge in [0.1, 0.15) is 6.04 Å². The molecule has 3 atom stereocenters. The van der Waals surface area contributed by atoms with Crippen LogP contribution in [0.2, 0.25) is 0 Å². The summed E-state index contributed by atoms with van der Waals surface area (Å²) in [4.78, 5) is 52.5. The first-order chi connectivity index (χ1) is 13.9. The Kier molecular flexibility index (Phi) is 5.12. The molecule has 8 heteroatoms. The highest BCUT2D eigenvalue weighted by molar-refractivity contribution is 6.23. The number of anilines is 1. The Morgan fingerprint density at radius 2 is 1.72 bits per heavy atom. The number of likely N-dealkylation sites (N-methyl/N-ethyl adjacent to an activating group) is 1. The molecule has 0 bridgehead atoms. The summed E-state index contributed by atoms with van der Waals surface area (Å²) in [6, 6.07) is 4.93. The molecule has 4 rings (SSSR count). The van der Waals surface area contributed by atoms with Crippen LogP contribution >= 0.6 is 0 Å². The second-order valence-corrected chi connectivity index (χ2v) is 8.27. The zero-order valence-corrected chi connectivity index (χ0v) is 16.7. The number of carbonyl (C=O) groups excluding carboxylic acids is 4. The molecule has 2 fully saturated rings. The van der Waals surface area contributed by atoms with Gasteiger partial charge in [0.05, 0.1) is 11.1 Å². The number of nitrogens with zero attached hydrogens (tertiary/aromatic N) is 2. The van der Waals surface area contributed by atoms with Crippen molar-refractivity contribution < 1.29 is 19.2 Å². The number of hydrogen-bond acceptors (Lipinski definition) is 6. The molecule has 8 nitrogen and oxygen atoms in total. The third kappa shape index (κ3) is 3.53. The molecule has 1 aromatic rings. The van der Waals surface area contributed by atoms with E-state index in [0.29, 0.717) is 17.2 Å². The molecule has 0 radical (unpaired) electrons. The molecule has 3 aliphatic rings. The number of hydrogen-bond donors (Lipinski definition) is 2. The quantitative estimate of drug-likeness (QED) is 0.744. The molecular formula is C21H26N4O4. The van der Waals surface area contributed by atoms with E-state index in [1.165, 1.54) is 6.42 Å². The van der Waals surface area contributed by atoms with Gasteiger partial charge in [-0.05, 0) is 51.6 Å². The molecule has 1 saturated heterocycles. The first kappa shape index (κ1) is 19.6. The molecule has 2 aliphatic heterocycles. The number of fused-ring (bicyclic) bond motifs is 1. The van der Waals surface area contributed by atoms with Gasteiger partial charge in [0, 0.05) is 24.2 Å². The zero-order chi connectivity index (χ0) is 20.7. The summed E-state index contributed by atoms with van der Waals surface area (Å²) in [5.41, 5.74) is 1.41. The van der Waals surface area contributed by atoms with Crippen molar-refractivity contribution in [1.82, 2.24) is 15.1 Å². The minimum absolute atomic E-state index is 0.115. The number of carbonyl (C=O) groups is 4. The van der Waals surface area contributed by atoms with Crippen molar-refractivity contribution in [2.24, 2.45) is 0 Å². The van der Waals surface area contributed by atoms with Crippen molar-refractivity contribution in [3.05, 3.63) is 29.3 Å². The van der Waals surface area contributed by atoms with Gasteiger partial charge in [-0.25, -0.2) is 0 Å². The Morgan fingerprint density at radius 3 is 2.45 bits per heavy atom. The maximum Gasteiger partial charge on any atom is 0.262 e. The molecule has 154 valence electrons. The molecule has 2 heterocycles. The minimum atomic E-state index is -0.937. The number of imide groups is 2. The fraction of sp³-hybridized carbons (Fsp3) is 0.524. The molecule has 0 aromatic heterocycles. The van der Waals surface area contributed by atoms with Gasteiger partial charge < -0.3 is 10.2 Å². The molecule has 1 aliphatic carbocycles. The average molecular weight is 398 g/mol. The third-order valence-corrected chi connectivity index (χ3v) is 6.18. The van der Waals surface area contributed by atoms with Crippen molar-refractivity contribution in [2.45, 2.75) is 56.7 Å². The standard InChI is InChI=1S/C21H26N4O4/c1-24(2)16-6-4-3-5-15(16)22-12-7-8-13-14(11-12)21(29)25(20(13)28)17-9-10-18(26)23-19(17)27/h7-8,11,15-17,22H,3-6,9-10H2,1-2H3,(H,23,26,27)/t15-,16+,17?/m1/s1. The SMILES string of the molecule is CN(C)[C@H]1CCCC[C@H]1Nc1ccc2c(c1)C(=O)N(C1CCC(=O)NC1=O)C2=O. The van der Waals surface area contributed by atoms with Crippen LogP contribution in [-0.4, -0.2) is 65.6 Å². The van der Waals surface area contributed by atoms with Crippen molar-refractivity contribution in [3.63, 3.8) is 0 Å². The smallest absolute Gasteiger partial charge is 0.262 e. The Hall–Kier alpha value is -2.74. The van der Waals surface area contributed by atoms with Gasteiger partial charge in [-0.3, -0.25) is 29.4 Å². The summed E-state index contributed by atoms with van der Waals surface area (Å²) in [7, 11) is 4.15. The molecule has 1 saturated carbocycles. The fourth-order valence-electron chi connectivity index (χ4n) is 4.67. The topological polar surface area (TPSA) is 98.8 Å². The lowest BCUT2D eigenvalue weighted by Crippen LogP contribution is -2.54. The molecule has 4 amide bonds. The van der Waals surface area contributed by atoms with Crippen LogP contribution in [0.25, 0.3) is 0 Å². The van der Waals surface area contributed by atoms with Gasteiger partial charge in [0.2, 0.25) is 11.8 Å².